The molecule has 0 saturated carbocycles. The third kappa shape index (κ3) is 4.60. The van der Waals surface area contributed by atoms with Gasteiger partial charge in [0.2, 0.25) is 0 Å². The smallest absolute Gasteiger partial charge is 0.294 e. The van der Waals surface area contributed by atoms with E-state index in [0.29, 0.717) is 35.5 Å². The summed E-state index contributed by atoms with van der Waals surface area (Å²) in [7, 11) is 4.92. The Morgan fingerprint density at radius 2 is 1.68 bits per heavy atom. The zero-order valence-electron chi connectivity index (χ0n) is 20.1. The number of halogens is 1. The van der Waals surface area contributed by atoms with Gasteiger partial charge in [-0.3, -0.25) is 14.4 Å². The molecule has 2 aromatic carbocycles. The Balaban J connectivity index is 1.53. The minimum atomic E-state index is -0.593. The molecule has 7 heteroatoms. The Labute approximate surface area is 198 Å². The van der Waals surface area contributed by atoms with Crippen LogP contribution in [0.4, 0.5) is 4.39 Å². The van der Waals surface area contributed by atoms with Crippen LogP contribution in [0, 0.1) is 18.7 Å². The van der Waals surface area contributed by atoms with Crippen molar-refractivity contribution >= 4 is 28.5 Å². The predicted octanol–water partition coefficient (Wildman–Crippen LogP) is 3.99. The molecule has 1 aromatic heterocycles. The summed E-state index contributed by atoms with van der Waals surface area (Å²) in [5.74, 6) is -1.01. The van der Waals surface area contributed by atoms with E-state index in [9.17, 15) is 18.8 Å². The summed E-state index contributed by atoms with van der Waals surface area (Å²) < 4.78 is 15.0. The standard InChI is InChI=1S/C27H30FN3O3/c1-17-13-24-22(23(16-30(24)4)25(32)27(34)29(2)3)15-21(17)26(33)31-11-9-19(10-12-31)14-18-5-7-20(28)8-6-18/h5-8,13,15-16,19H,9-12,14H2,1-4H3. The summed E-state index contributed by atoms with van der Waals surface area (Å²) in [6.07, 6.45) is 4.30. The van der Waals surface area contributed by atoms with Crippen molar-refractivity contribution in [1.29, 1.82) is 0 Å². The summed E-state index contributed by atoms with van der Waals surface area (Å²) >= 11 is 0. The van der Waals surface area contributed by atoms with Gasteiger partial charge in [0.15, 0.2) is 0 Å². The van der Waals surface area contributed by atoms with Crippen LogP contribution in [0.25, 0.3) is 10.9 Å². The van der Waals surface area contributed by atoms with Crippen LogP contribution in [-0.4, -0.2) is 59.1 Å². The average molecular weight is 464 g/mol. The number of aromatic nitrogens is 1. The van der Waals surface area contributed by atoms with Gasteiger partial charge in [-0.1, -0.05) is 12.1 Å². The van der Waals surface area contributed by atoms with Gasteiger partial charge in [-0.25, -0.2) is 4.39 Å². The molecule has 2 amide bonds. The number of rotatable bonds is 5. The molecule has 1 aliphatic rings. The number of carbonyl (C=O) groups is 3. The Bertz CT molecular complexity index is 1250. The fourth-order valence-corrected chi connectivity index (χ4v) is 4.73. The van der Waals surface area contributed by atoms with E-state index in [1.165, 1.54) is 17.0 Å². The lowest BCUT2D eigenvalue weighted by molar-refractivity contribution is -0.124. The molecule has 1 aliphatic heterocycles. The molecule has 0 bridgehead atoms. The van der Waals surface area contributed by atoms with Crippen molar-refractivity contribution in [3.8, 4) is 0 Å². The second kappa shape index (κ2) is 9.41. The molecular formula is C27H30FN3O3. The molecule has 2 heterocycles. The van der Waals surface area contributed by atoms with E-state index in [-0.39, 0.29) is 11.7 Å². The lowest BCUT2D eigenvalue weighted by Gasteiger charge is -2.32. The quantitative estimate of drug-likeness (QED) is 0.425. The topological polar surface area (TPSA) is 62.6 Å². The Morgan fingerprint density at radius 1 is 1.03 bits per heavy atom. The number of piperidine rings is 1. The second-order valence-corrected chi connectivity index (χ2v) is 9.43. The van der Waals surface area contributed by atoms with E-state index in [1.54, 1.807) is 26.4 Å². The van der Waals surface area contributed by atoms with Gasteiger partial charge in [-0.15, -0.1) is 0 Å². The van der Waals surface area contributed by atoms with Gasteiger partial charge < -0.3 is 14.4 Å². The van der Waals surface area contributed by atoms with E-state index in [0.717, 1.165) is 35.9 Å². The van der Waals surface area contributed by atoms with E-state index in [4.69, 9.17) is 0 Å². The molecule has 0 N–H and O–H groups in total. The largest absolute Gasteiger partial charge is 0.350 e. The molecule has 0 atom stereocenters. The van der Waals surface area contributed by atoms with Gasteiger partial charge in [0.1, 0.15) is 5.82 Å². The average Bonchev–Trinajstić information content (AvgIpc) is 3.14. The van der Waals surface area contributed by atoms with Crippen molar-refractivity contribution in [2.24, 2.45) is 13.0 Å². The highest BCUT2D eigenvalue weighted by atomic mass is 19.1. The van der Waals surface area contributed by atoms with Gasteiger partial charge in [-0.05, 0) is 67.5 Å². The number of benzene rings is 2. The molecule has 4 rings (SSSR count). The summed E-state index contributed by atoms with van der Waals surface area (Å²) in [5.41, 5.74) is 3.62. The van der Waals surface area contributed by atoms with Crippen LogP contribution in [0.3, 0.4) is 0 Å². The molecule has 0 unspecified atom stereocenters. The molecule has 178 valence electrons. The van der Waals surface area contributed by atoms with Crippen molar-refractivity contribution in [3.63, 3.8) is 0 Å². The molecular weight excluding hydrogens is 433 g/mol. The van der Waals surface area contributed by atoms with Gasteiger partial charge in [0.25, 0.3) is 17.6 Å². The van der Waals surface area contributed by atoms with Gasteiger partial charge in [-0.2, -0.15) is 0 Å². The first-order valence-corrected chi connectivity index (χ1v) is 11.5. The van der Waals surface area contributed by atoms with Crippen molar-refractivity contribution in [1.82, 2.24) is 14.4 Å². The molecule has 0 radical (unpaired) electrons. The molecule has 0 aliphatic carbocycles. The van der Waals surface area contributed by atoms with Crippen LogP contribution >= 0.6 is 0 Å². The molecule has 1 saturated heterocycles. The normalized spacial score (nSPS) is 14.4. The number of aryl methyl sites for hydroxylation is 2. The third-order valence-corrected chi connectivity index (χ3v) is 6.75. The minimum Gasteiger partial charge on any atom is -0.350 e. The van der Waals surface area contributed by atoms with Crippen molar-refractivity contribution in [3.05, 3.63) is 70.7 Å². The summed E-state index contributed by atoms with van der Waals surface area (Å²) in [5, 5.41) is 0.614. The van der Waals surface area contributed by atoms with E-state index >= 15 is 0 Å². The summed E-state index contributed by atoms with van der Waals surface area (Å²) in [4.78, 5) is 41.6. The van der Waals surface area contributed by atoms with Crippen LogP contribution in [0.15, 0.2) is 42.6 Å². The number of nitrogens with zero attached hydrogens (tertiary/aromatic N) is 3. The minimum absolute atomic E-state index is 0.0548. The molecule has 0 spiro atoms. The van der Waals surface area contributed by atoms with Gasteiger partial charge in [0, 0.05) is 56.9 Å². The summed E-state index contributed by atoms with van der Waals surface area (Å²) in [6, 6.07) is 10.3. The number of ketones is 1. The Hall–Kier alpha value is -3.48. The number of hydrogen-bond acceptors (Lipinski definition) is 3. The predicted molar refractivity (Wildman–Crippen MR) is 129 cm³/mol. The van der Waals surface area contributed by atoms with Crippen LogP contribution < -0.4 is 0 Å². The first-order valence-electron chi connectivity index (χ1n) is 11.5. The van der Waals surface area contributed by atoms with Crippen molar-refractivity contribution in [2.75, 3.05) is 27.2 Å². The molecule has 34 heavy (non-hydrogen) atoms. The fourth-order valence-electron chi connectivity index (χ4n) is 4.73. The third-order valence-electron chi connectivity index (χ3n) is 6.75. The number of fused-ring (bicyclic) bond motifs is 1. The van der Waals surface area contributed by atoms with Crippen LogP contribution in [0.1, 0.15) is 44.7 Å². The van der Waals surface area contributed by atoms with Crippen LogP contribution in [-0.2, 0) is 18.3 Å². The zero-order chi connectivity index (χ0) is 24.6. The SMILES string of the molecule is Cc1cc2c(cc1C(=O)N1CCC(Cc3ccc(F)cc3)CC1)c(C(=O)C(=O)N(C)C)cn2C. The van der Waals surface area contributed by atoms with Crippen molar-refractivity contribution < 1.29 is 18.8 Å². The van der Waals surface area contributed by atoms with Gasteiger partial charge >= 0.3 is 0 Å². The monoisotopic (exact) mass is 463 g/mol. The fraction of sp³-hybridized carbons (Fsp3) is 0.370. The maximum atomic E-state index is 13.4. The summed E-state index contributed by atoms with van der Waals surface area (Å²) in [6.45, 7) is 3.21. The van der Waals surface area contributed by atoms with Crippen LogP contribution in [0.5, 0.6) is 0 Å². The van der Waals surface area contributed by atoms with Crippen molar-refractivity contribution in [2.45, 2.75) is 26.2 Å². The highest BCUT2D eigenvalue weighted by Crippen LogP contribution is 2.28. The number of amides is 2. The Morgan fingerprint density at radius 3 is 2.29 bits per heavy atom. The number of likely N-dealkylation sites (N-methyl/N-ethyl adjacent to an activating group) is 1. The molecule has 6 nitrogen and oxygen atoms in total. The van der Waals surface area contributed by atoms with E-state index < -0.39 is 11.7 Å². The second-order valence-electron chi connectivity index (χ2n) is 9.43. The highest BCUT2D eigenvalue weighted by Gasteiger charge is 2.27. The first-order chi connectivity index (χ1) is 16.2. The maximum absolute atomic E-state index is 13.4. The van der Waals surface area contributed by atoms with Crippen LogP contribution in [0.2, 0.25) is 0 Å². The van der Waals surface area contributed by atoms with E-state index in [2.05, 4.69) is 0 Å². The molecule has 3 aromatic rings. The highest BCUT2D eigenvalue weighted by molar-refractivity contribution is 6.44. The zero-order valence-corrected chi connectivity index (χ0v) is 20.1. The first kappa shape index (κ1) is 23.7. The van der Waals surface area contributed by atoms with E-state index in [1.807, 2.05) is 41.6 Å². The maximum Gasteiger partial charge on any atom is 0.294 e. The number of Topliss-reactive ketones (excluding diaryl/α,β-unsaturated/α-hetero) is 1. The Kier molecular flexibility index (Phi) is 6.55. The number of carbonyl (C=O) groups excluding carboxylic acids is 3. The number of hydrogen-bond donors (Lipinski definition) is 0. The lowest BCUT2D eigenvalue weighted by Crippen LogP contribution is -2.39. The lowest BCUT2D eigenvalue weighted by atomic mass is 9.89. The van der Waals surface area contributed by atoms with Gasteiger partial charge in [0.05, 0.1) is 5.56 Å². The molecule has 1 fully saturated rings. The number of likely N-dealkylation sites (tertiary alicyclic amines) is 1.